The van der Waals surface area contributed by atoms with E-state index in [2.05, 4.69) is 6.92 Å². The molecule has 2 unspecified atom stereocenters. The third-order valence-electron chi connectivity index (χ3n) is 3.74. The van der Waals surface area contributed by atoms with Gasteiger partial charge in [0.15, 0.2) is 0 Å². The number of aliphatic hydroxyl groups excluding tert-OH is 1. The Kier molecular flexibility index (Phi) is 8.72. The van der Waals surface area contributed by atoms with Crippen LogP contribution in [0, 0.1) is 0 Å². The van der Waals surface area contributed by atoms with Gasteiger partial charge < -0.3 is 9.84 Å². The van der Waals surface area contributed by atoms with Crippen LogP contribution in [0.5, 0.6) is 0 Å². The minimum atomic E-state index is -0.0952. The smallest absolute Gasteiger partial charge is 0.0576 e. The third-order valence-corrected chi connectivity index (χ3v) is 3.74. The number of hydrogen-bond acceptors (Lipinski definition) is 2. The van der Waals surface area contributed by atoms with E-state index in [1.807, 2.05) is 0 Å². The molecule has 1 rings (SSSR count). The van der Waals surface area contributed by atoms with Crippen molar-refractivity contribution in [3.8, 4) is 0 Å². The quantitative estimate of drug-likeness (QED) is 0.618. The van der Waals surface area contributed by atoms with Gasteiger partial charge in [0.1, 0.15) is 0 Å². The van der Waals surface area contributed by atoms with Gasteiger partial charge in [-0.15, -0.1) is 0 Å². The molecule has 0 aromatic rings. The van der Waals surface area contributed by atoms with Crippen LogP contribution in [0.4, 0.5) is 0 Å². The largest absolute Gasteiger partial charge is 0.393 e. The highest BCUT2D eigenvalue weighted by molar-refractivity contribution is 4.66. The zero-order valence-corrected chi connectivity index (χ0v) is 11.5. The molecule has 17 heavy (non-hydrogen) atoms. The molecule has 2 nitrogen and oxygen atoms in total. The summed E-state index contributed by atoms with van der Waals surface area (Å²) in [4.78, 5) is 0. The molecule has 0 spiro atoms. The van der Waals surface area contributed by atoms with E-state index in [9.17, 15) is 5.11 Å². The van der Waals surface area contributed by atoms with Gasteiger partial charge in [0.25, 0.3) is 0 Å². The molecule has 0 saturated carbocycles. The zero-order valence-electron chi connectivity index (χ0n) is 11.5. The van der Waals surface area contributed by atoms with Crippen molar-refractivity contribution < 1.29 is 9.84 Å². The summed E-state index contributed by atoms with van der Waals surface area (Å²) < 4.78 is 5.67. The lowest BCUT2D eigenvalue weighted by Crippen LogP contribution is -2.21. The Morgan fingerprint density at radius 1 is 1.12 bits per heavy atom. The maximum atomic E-state index is 9.88. The van der Waals surface area contributed by atoms with Gasteiger partial charge in [-0.05, 0) is 38.5 Å². The zero-order chi connectivity index (χ0) is 12.3. The molecule has 1 aliphatic heterocycles. The summed E-state index contributed by atoms with van der Waals surface area (Å²) in [6.45, 7) is 3.16. The molecule has 0 amide bonds. The molecule has 0 radical (unpaired) electrons. The monoisotopic (exact) mass is 242 g/mol. The van der Waals surface area contributed by atoms with Gasteiger partial charge in [0.05, 0.1) is 12.2 Å². The van der Waals surface area contributed by atoms with E-state index in [1.54, 1.807) is 0 Å². The second-order valence-electron chi connectivity index (χ2n) is 5.42. The first-order valence-electron chi connectivity index (χ1n) is 7.62. The van der Waals surface area contributed by atoms with E-state index in [-0.39, 0.29) is 6.10 Å². The van der Waals surface area contributed by atoms with Crippen LogP contribution in [-0.2, 0) is 4.74 Å². The van der Waals surface area contributed by atoms with Gasteiger partial charge in [-0.2, -0.15) is 0 Å². The van der Waals surface area contributed by atoms with Crippen molar-refractivity contribution in [1.29, 1.82) is 0 Å². The first-order valence-corrected chi connectivity index (χ1v) is 7.62. The molecule has 1 saturated heterocycles. The van der Waals surface area contributed by atoms with Crippen molar-refractivity contribution in [3.05, 3.63) is 0 Å². The molecule has 0 aromatic carbocycles. The molecule has 1 heterocycles. The van der Waals surface area contributed by atoms with Crippen LogP contribution >= 0.6 is 0 Å². The lowest BCUT2D eigenvalue weighted by Gasteiger charge is -2.23. The number of aliphatic hydroxyl groups is 1. The van der Waals surface area contributed by atoms with Gasteiger partial charge in [-0.3, -0.25) is 0 Å². The Bertz CT molecular complexity index is 164. The summed E-state index contributed by atoms with van der Waals surface area (Å²) in [5, 5.41) is 9.88. The Hall–Kier alpha value is -0.0800. The molecule has 0 aliphatic carbocycles. The van der Waals surface area contributed by atoms with Crippen molar-refractivity contribution >= 4 is 0 Å². The van der Waals surface area contributed by atoms with Gasteiger partial charge in [-0.25, -0.2) is 0 Å². The van der Waals surface area contributed by atoms with Gasteiger partial charge in [0.2, 0.25) is 0 Å². The highest BCUT2D eigenvalue weighted by Crippen LogP contribution is 2.19. The highest BCUT2D eigenvalue weighted by atomic mass is 16.5. The SMILES string of the molecule is CCCCCCCC(O)CCC1CCCCO1. The van der Waals surface area contributed by atoms with Crippen molar-refractivity contribution in [1.82, 2.24) is 0 Å². The fourth-order valence-corrected chi connectivity index (χ4v) is 2.54. The highest BCUT2D eigenvalue weighted by Gasteiger charge is 2.15. The van der Waals surface area contributed by atoms with Crippen molar-refractivity contribution in [3.63, 3.8) is 0 Å². The molecule has 1 aliphatic rings. The summed E-state index contributed by atoms with van der Waals surface area (Å²) in [7, 11) is 0. The summed E-state index contributed by atoms with van der Waals surface area (Å²) >= 11 is 0. The average molecular weight is 242 g/mol. The standard InChI is InChI=1S/C15H30O2/c1-2-3-4-5-6-9-14(16)11-12-15-10-7-8-13-17-15/h14-16H,2-13H2,1H3. The summed E-state index contributed by atoms with van der Waals surface area (Å²) in [6.07, 6.45) is 13.4. The average Bonchev–Trinajstić information content (AvgIpc) is 2.37. The maximum absolute atomic E-state index is 9.88. The first-order chi connectivity index (χ1) is 8.33. The van der Waals surface area contributed by atoms with Crippen LogP contribution in [0.25, 0.3) is 0 Å². The van der Waals surface area contributed by atoms with E-state index in [4.69, 9.17) is 4.74 Å². The summed E-state index contributed by atoms with van der Waals surface area (Å²) in [6, 6.07) is 0. The van der Waals surface area contributed by atoms with Gasteiger partial charge in [-0.1, -0.05) is 39.0 Å². The lowest BCUT2D eigenvalue weighted by atomic mass is 10.00. The topological polar surface area (TPSA) is 29.5 Å². The minimum Gasteiger partial charge on any atom is -0.393 e. The van der Waals surface area contributed by atoms with E-state index >= 15 is 0 Å². The Morgan fingerprint density at radius 2 is 1.94 bits per heavy atom. The van der Waals surface area contributed by atoms with Gasteiger partial charge in [0, 0.05) is 6.61 Å². The molecule has 0 bridgehead atoms. The van der Waals surface area contributed by atoms with Crippen LogP contribution < -0.4 is 0 Å². The normalized spacial score (nSPS) is 22.6. The molecule has 102 valence electrons. The molecule has 1 N–H and O–H groups in total. The molecular formula is C15H30O2. The molecule has 2 heteroatoms. The van der Waals surface area contributed by atoms with Crippen molar-refractivity contribution in [2.75, 3.05) is 6.61 Å². The Morgan fingerprint density at radius 3 is 2.65 bits per heavy atom. The molecule has 2 atom stereocenters. The Balaban J connectivity index is 1.91. The van der Waals surface area contributed by atoms with Crippen LogP contribution in [0.1, 0.15) is 77.6 Å². The lowest BCUT2D eigenvalue weighted by molar-refractivity contribution is 0.00158. The van der Waals surface area contributed by atoms with Crippen LogP contribution in [0.2, 0.25) is 0 Å². The second kappa shape index (κ2) is 9.90. The van der Waals surface area contributed by atoms with Crippen molar-refractivity contribution in [2.24, 2.45) is 0 Å². The van der Waals surface area contributed by atoms with E-state index < -0.39 is 0 Å². The summed E-state index contributed by atoms with van der Waals surface area (Å²) in [5.74, 6) is 0. The molecule has 1 fully saturated rings. The molecular weight excluding hydrogens is 212 g/mol. The fourth-order valence-electron chi connectivity index (χ4n) is 2.54. The number of hydrogen-bond donors (Lipinski definition) is 1. The van der Waals surface area contributed by atoms with E-state index in [0.29, 0.717) is 6.10 Å². The number of rotatable bonds is 9. The van der Waals surface area contributed by atoms with Crippen molar-refractivity contribution in [2.45, 2.75) is 89.8 Å². The summed E-state index contributed by atoms with van der Waals surface area (Å²) in [5.41, 5.74) is 0. The molecule has 0 aromatic heterocycles. The third kappa shape index (κ3) is 7.77. The second-order valence-corrected chi connectivity index (χ2v) is 5.42. The number of unbranched alkanes of at least 4 members (excludes halogenated alkanes) is 4. The van der Waals surface area contributed by atoms with Gasteiger partial charge >= 0.3 is 0 Å². The predicted octanol–water partition coefficient (Wildman–Crippen LogP) is 4.06. The minimum absolute atomic E-state index is 0.0952. The first kappa shape index (κ1) is 15.0. The predicted molar refractivity (Wildman–Crippen MR) is 72.2 cm³/mol. The van der Waals surface area contributed by atoms with Crippen LogP contribution in [0.3, 0.4) is 0 Å². The van der Waals surface area contributed by atoms with Crippen LogP contribution in [-0.4, -0.2) is 23.9 Å². The van der Waals surface area contributed by atoms with E-state index in [0.717, 1.165) is 25.9 Å². The van der Waals surface area contributed by atoms with E-state index in [1.165, 1.54) is 51.4 Å². The fraction of sp³-hybridized carbons (Fsp3) is 1.00. The maximum Gasteiger partial charge on any atom is 0.0576 e. The number of ether oxygens (including phenoxy) is 1. The van der Waals surface area contributed by atoms with Crippen LogP contribution in [0.15, 0.2) is 0 Å². The Labute approximate surface area is 107 Å².